The van der Waals surface area contributed by atoms with Crippen molar-refractivity contribution in [1.29, 1.82) is 0 Å². The molecule has 64 valence electrons. The van der Waals surface area contributed by atoms with Gasteiger partial charge in [-0.05, 0) is 0 Å². The van der Waals surface area contributed by atoms with E-state index in [9.17, 15) is 4.79 Å². The Balaban J connectivity index is 2.45. The SMILES string of the molecule is O=C1C=CC2=c3ccccc3=BC2=C1. The molecule has 0 bridgehead atoms. The number of hydrogen-bond donors (Lipinski definition) is 0. The van der Waals surface area contributed by atoms with Crippen molar-refractivity contribution in [3.05, 3.63) is 58.3 Å². The Bertz CT molecular complexity index is 605. The number of hydrogen-bond acceptors (Lipinski definition) is 1. The number of fused-ring (bicyclic) bond motifs is 2. The summed E-state index contributed by atoms with van der Waals surface area (Å²) in [6.07, 6.45) is 5.21. The number of allylic oxidation sites excluding steroid dienone is 4. The van der Waals surface area contributed by atoms with Crippen molar-refractivity contribution in [2.45, 2.75) is 0 Å². The number of benzene rings is 1. The van der Waals surface area contributed by atoms with E-state index in [4.69, 9.17) is 0 Å². The van der Waals surface area contributed by atoms with Gasteiger partial charge < -0.3 is 0 Å². The minimum absolute atomic E-state index is 0.0767. The molecule has 1 nitrogen and oxygen atoms in total. The fourth-order valence-electron chi connectivity index (χ4n) is 1.94. The number of carbonyl (C=O) groups is 1. The molecule has 0 fully saturated rings. The van der Waals surface area contributed by atoms with E-state index in [0.29, 0.717) is 0 Å². The molecule has 0 radical (unpaired) electrons. The van der Waals surface area contributed by atoms with Crippen molar-refractivity contribution in [3.8, 4) is 0 Å². The van der Waals surface area contributed by atoms with E-state index in [1.54, 1.807) is 12.2 Å². The zero-order valence-electron chi connectivity index (χ0n) is 7.53. The van der Waals surface area contributed by atoms with Gasteiger partial charge in [-0.2, -0.15) is 0 Å². The van der Waals surface area contributed by atoms with Crippen LogP contribution in [0.15, 0.2) is 48.0 Å². The van der Waals surface area contributed by atoms with Gasteiger partial charge in [0.2, 0.25) is 0 Å². The summed E-state index contributed by atoms with van der Waals surface area (Å²) < 4.78 is 0. The van der Waals surface area contributed by atoms with Crippen LogP contribution in [-0.4, -0.2) is 12.7 Å². The molecular formula is C12H7BO. The van der Waals surface area contributed by atoms with Crippen LogP contribution in [0, 0.1) is 5.11 Å². The number of rotatable bonds is 0. The van der Waals surface area contributed by atoms with E-state index in [-0.39, 0.29) is 5.78 Å². The maximum atomic E-state index is 11.2. The maximum absolute atomic E-state index is 11.2. The van der Waals surface area contributed by atoms with Gasteiger partial charge in [0, 0.05) is 0 Å². The molecule has 0 N–H and O–H groups in total. The summed E-state index contributed by atoms with van der Waals surface area (Å²) in [4.78, 5) is 11.2. The van der Waals surface area contributed by atoms with Crippen molar-refractivity contribution >= 4 is 18.3 Å². The molecule has 0 spiro atoms. The normalized spacial score (nSPS) is 16.7. The summed E-state index contributed by atoms with van der Waals surface area (Å²) in [5.41, 5.74) is 2.21. The van der Waals surface area contributed by atoms with Gasteiger partial charge in [-0.25, -0.2) is 0 Å². The molecular weight excluding hydrogens is 171 g/mol. The van der Waals surface area contributed by atoms with E-state index < -0.39 is 0 Å². The van der Waals surface area contributed by atoms with E-state index in [1.165, 1.54) is 15.9 Å². The van der Waals surface area contributed by atoms with Crippen LogP contribution in [-0.2, 0) is 4.79 Å². The molecule has 1 heterocycles. The average molecular weight is 178 g/mol. The second-order valence-corrected chi connectivity index (χ2v) is 3.48. The van der Waals surface area contributed by atoms with Crippen molar-refractivity contribution in [2.75, 3.05) is 0 Å². The molecule has 0 unspecified atom stereocenters. The molecule has 0 atom stereocenters. The first-order chi connectivity index (χ1) is 6.84. The molecule has 1 aromatic carbocycles. The molecule has 0 saturated heterocycles. The van der Waals surface area contributed by atoms with Crippen molar-refractivity contribution in [3.63, 3.8) is 0 Å². The Morgan fingerprint density at radius 3 is 2.86 bits per heavy atom. The van der Waals surface area contributed by atoms with Crippen LogP contribution in [0.5, 0.6) is 0 Å². The topological polar surface area (TPSA) is 17.1 Å². The summed E-state index contributed by atoms with van der Waals surface area (Å²) in [7, 11) is 0. The standard InChI is InChI=1S/C12H7BO/c14-8-5-6-10-9-3-1-2-4-11(9)13-12(10)7-8/h1-7H. The van der Waals surface area contributed by atoms with Gasteiger partial charge >= 0.3 is 81.4 Å². The number of ketones is 1. The fourth-order valence-corrected chi connectivity index (χ4v) is 1.94. The zero-order chi connectivity index (χ0) is 9.54. The van der Waals surface area contributed by atoms with Crippen molar-refractivity contribution in [2.24, 2.45) is 0 Å². The Morgan fingerprint density at radius 2 is 1.93 bits per heavy atom. The summed E-state index contributed by atoms with van der Waals surface area (Å²) in [6.45, 7) is 2.06. The van der Waals surface area contributed by atoms with Gasteiger partial charge in [0.1, 0.15) is 0 Å². The van der Waals surface area contributed by atoms with Gasteiger partial charge in [-0.3, -0.25) is 0 Å². The van der Waals surface area contributed by atoms with Gasteiger partial charge in [0.15, 0.2) is 0 Å². The molecule has 2 heteroatoms. The van der Waals surface area contributed by atoms with Crippen LogP contribution in [0.3, 0.4) is 0 Å². The van der Waals surface area contributed by atoms with Crippen LogP contribution in [0.1, 0.15) is 0 Å². The molecule has 0 aromatic heterocycles. The van der Waals surface area contributed by atoms with Crippen LogP contribution in [0.4, 0.5) is 0 Å². The molecule has 0 amide bonds. The summed E-state index contributed by atoms with van der Waals surface area (Å²) in [6, 6.07) is 8.19. The molecule has 2 aliphatic rings. The van der Waals surface area contributed by atoms with Crippen LogP contribution in [0.25, 0.3) is 5.57 Å². The fraction of sp³-hybridized carbons (Fsp3) is 0. The second kappa shape index (κ2) is 2.64. The third-order valence-electron chi connectivity index (χ3n) is 2.58. The first-order valence-corrected chi connectivity index (χ1v) is 4.60. The van der Waals surface area contributed by atoms with Gasteiger partial charge in [0.25, 0.3) is 0 Å². The Morgan fingerprint density at radius 1 is 1.07 bits per heavy atom. The molecule has 3 rings (SSSR count). The quantitative estimate of drug-likeness (QED) is 0.537. The average Bonchev–Trinajstić information content (AvgIpc) is 2.54. The zero-order valence-corrected chi connectivity index (χ0v) is 7.53. The van der Waals surface area contributed by atoms with Gasteiger partial charge in [0.05, 0.1) is 0 Å². The Labute approximate surface area is 82.0 Å². The summed E-state index contributed by atoms with van der Waals surface area (Å²) in [5, 5.41) is 2.43. The minimum atomic E-state index is 0.0767. The van der Waals surface area contributed by atoms with Crippen molar-refractivity contribution in [1.82, 2.24) is 0 Å². The first-order valence-electron chi connectivity index (χ1n) is 4.60. The van der Waals surface area contributed by atoms with E-state index >= 15 is 0 Å². The molecule has 1 aliphatic heterocycles. The van der Waals surface area contributed by atoms with Gasteiger partial charge in [-0.1, -0.05) is 0 Å². The monoisotopic (exact) mass is 178 g/mol. The van der Waals surface area contributed by atoms with E-state index in [1.807, 2.05) is 18.2 Å². The Kier molecular flexibility index (Phi) is 1.45. The molecule has 0 saturated carbocycles. The second-order valence-electron chi connectivity index (χ2n) is 3.48. The van der Waals surface area contributed by atoms with E-state index in [2.05, 4.69) is 19.1 Å². The van der Waals surface area contributed by atoms with Crippen molar-refractivity contribution < 1.29 is 4.79 Å². The molecule has 1 aliphatic carbocycles. The predicted octanol–water partition coefficient (Wildman–Crippen LogP) is 0.829. The first kappa shape index (κ1) is 7.68. The third-order valence-corrected chi connectivity index (χ3v) is 2.58. The van der Waals surface area contributed by atoms with Crippen LogP contribution >= 0.6 is 0 Å². The van der Waals surface area contributed by atoms with E-state index in [0.717, 1.165) is 5.47 Å². The predicted molar refractivity (Wildman–Crippen MR) is 56.3 cm³/mol. The van der Waals surface area contributed by atoms with Crippen LogP contribution in [0.2, 0.25) is 0 Å². The molecule has 14 heavy (non-hydrogen) atoms. The summed E-state index contributed by atoms with van der Waals surface area (Å²) >= 11 is 0. The molecule has 1 aromatic rings. The Hall–Kier alpha value is -1.70. The van der Waals surface area contributed by atoms with Gasteiger partial charge in [-0.15, -0.1) is 0 Å². The van der Waals surface area contributed by atoms with Crippen LogP contribution < -0.4 is 5.22 Å². The number of carbonyl (C=O) groups excluding carboxylic acids is 1. The third kappa shape index (κ3) is 0.972. The summed E-state index contributed by atoms with van der Waals surface area (Å²) in [5.74, 6) is 0.0767.